The van der Waals surface area contributed by atoms with E-state index >= 15 is 0 Å². The summed E-state index contributed by atoms with van der Waals surface area (Å²) in [5.74, 6) is -3.22. The number of halogens is 2. The van der Waals surface area contributed by atoms with Crippen LogP contribution in [0, 0.1) is 11.6 Å². The number of rotatable bonds is 5. The van der Waals surface area contributed by atoms with E-state index < -0.39 is 38.3 Å². The van der Waals surface area contributed by atoms with Crippen molar-refractivity contribution in [2.45, 2.75) is 18.6 Å². The molecule has 1 unspecified atom stereocenters. The number of nitrogens with one attached hydrogen (secondary N) is 1. The highest BCUT2D eigenvalue weighted by Gasteiger charge is 2.30. The summed E-state index contributed by atoms with van der Waals surface area (Å²) in [5, 5.41) is 4.17. The van der Waals surface area contributed by atoms with Gasteiger partial charge < -0.3 is 4.98 Å². The van der Waals surface area contributed by atoms with Gasteiger partial charge in [0.1, 0.15) is 22.5 Å². The van der Waals surface area contributed by atoms with Crippen LogP contribution in [0.3, 0.4) is 0 Å². The number of aromatic nitrogens is 2. The molecule has 0 radical (unpaired) electrons. The molecule has 136 valence electrons. The van der Waals surface area contributed by atoms with Gasteiger partial charge in [-0.05, 0) is 24.6 Å². The Labute approximate surface area is 148 Å². The molecular weight excluding hydrogens is 364 g/mol. The highest BCUT2D eigenvalue weighted by atomic mass is 32.2. The quantitative estimate of drug-likeness (QED) is 0.665. The van der Waals surface area contributed by atoms with Crippen LogP contribution >= 0.6 is 0 Å². The molecule has 0 aliphatic heterocycles. The number of primary sulfonamides is 1. The number of hydrogen-bond acceptors (Lipinski definition) is 4. The number of H-pyrrole nitrogens is 1. The smallest absolute Gasteiger partial charge is 0.216 e. The fourth-order valence-electron chi connectivity index (χ4n) is 2.93. The number of sulfonamides is 1. The lowest BCUT2D eigenvalue weighted by Crippen LogP contribution is -2.23. The highest BCUT2D eigenvalue weighted by molar-refractivity contribution is 7.89. The molecule has 2 heterocycles. The van der Waals surface area contributed by atoms with Gasteiger partial charge in [0.25, 0.3) is 0 Å². The van der Waals surface area contributed by atoms with E-state index in [9.17, 15) is 22.0 Å². The third kappa shape index (κ3) is 2.99. The molecular formula is C17H15F2N3O3S. The van der Waals surface area contributed by atoms with Crippen LogP contribution in [0.2, 0.25) is 0 Å². The minimum atomic E-state index is -4.12. The van der Waals surface area contributed by atoms with Crippen LogP contribution in [0.5, 0.6) is 0 Å². The van der Waals surface area contributed by atoms with Crippen LogP contribution < -0.4 is 5.14 Å². The highest BCUT2D eigenvalue weighted by Crippen LogP contribution is 2.31. The molecule has 2 aromatic heterocycles. The van der Waals surface area contributed by atoms with Crippen molar-refractivity contribution in [1.29, 1.82) is 0 Å². The lowest BCUT2D eigenvalue weighted by atomic mass is 9.98. The molecule has 0 amide bonds. The third-order valence-electron chi connectivity index (χ3n) is 4.16. The van der Waals surface area contributed by atoms with E-state index in [0.717, 1.165) is 12.1 Å². The summed E-state index contributed by atoms with van der Waals surface area (Å²) in [6.07, 6.45) is 2.79. The van der Waals surface area contributed by atoms with Crippen LogP contribution in [0.25, 0.3) is 11.0 Å². The second-order valence-corrected chi connectivity index (χ2v) is 7.49. The van der Waals surface area contributed by atoms with Crippen LogP contribution in [0.15, 0.2) is 36.7 Å². The summed E-state index contributed by atoms with van der Waals surface area (Å²) < 4.78 is 52.6. The Morgan fingerprint density at radius 2 is 2.04 bits per heavy atom. The Kier molecular flexibility index (Phi) is 4.59. The number of pyridine rings is 1. The van der Waals surface area contributed by atoms with E-state index in [1.807, 2.05) is 0 Å². The van der Waals surface area contributed by atoms with Gasteiger partial charge >= 0.3 is 0 Å². The first-order chi connectivity index (χ1) is 12.3. The summed E-state index contributed by atoms with van der Waals surface area (Å²) in [6.45, 7) is 1.50. The fraction of sp³-hybridized carbons (Fsp3) is 0.176. The standard InChI is InChI=1S/C17H15F2N3O3S/c1-2-13(26(20,24)25)10-5-6-12(18)14(15(10)19)16(23)11-8-22-17-9(11)4-3-7-21-17/h3-8,13H,2H2,1H3,(H,21,22)(H2,20,24,25). The maximum absolute atomic E-state index is 14.9. The first-order valence-electron chi connectivity index (χ1n) is 7.72. The average molecular weight is 379 g/mol. The monoisotopic (exact) mass is 379 g/mol. The molecule has 0 spiro atoms. The van der Waals surface area contributed by atoms with E-state index in [-0.39, 0.29) is 17.5 Å². The number of nitrogens with two attached hydrogens (primary N) is 1. The molecule has 3 rings (SSSR count). The zero-order valence-corrected chi connectivity index (χ0v) is 14.5. The Hall–Kier alpha value is -2.65. The minimum absolute atomic E-state index is 0.0218. The summed E-state index contributed by atoms with van der Waals surface area (Å²) in [6, 6.07) is 5.04. The molecule has 0 saturated heterocycles. The van der Waals surface area contributed by atoms with Crippen molar-refractivity contribution in [3.05, 3.63) is 65.0 Å². The number of nitrogens with zero attached hydrogens (tertiary/aromatic N) is 1. The summed E-state index contributed by atoms with van der Waals surface area (Å²) >= 11 is 0. The zero-order valence-electron chi connectivity index (χ0n) is 13.7. The van der Waals surface area contributed by atoms with E-state index in [2.05, 4.69) is 9.97 Å². The van der Waals surface area contributed by atoms with Gasteiger partial charge in [-0.3, -0.25) is 4.79 Å². The van der Waals surface area contributed by atoms with E-state index in [1.165, 1.54) is 19.3 Å². The maximum Gasteiger partial charge on any atom is 0.216 e. The van der Waals surface area contributed by atoms with Gasteiger partial charge in [-0.25, -0.2) is 27.3 Å². The summed E-state index contributed by atoms with van der Waals surface area (Å²) in [5.41, 5.74) is -0.734. The summed E-state index contributed by atoms with van der Waals surface area (Å²) in [4.78, 5) is 19.5. The van der Waals surface area contributed by atoms with Gasteiger partial charge in [0.2, 0.25) is 15.8 Å². The molecule has 0 saturated carbocycles. The predicted molar refractivity (Wildman–Crippen MR) is 92.0 cm³/mol. The third-order valence-corrected chi connectivity index (χ3v) is 5.54. The topological polar surface area (TPSA) is 106 Å². The fourth-order valence-corrected chi connectivity index (χ4v) is 3.93. The molecule has 0 bridgehead atoms. The number of benzene rings is 1. The van der Waals surface area contributed by atoms with Crippen LogP contribution in [0.4, 0.5) is 8.78 Å². The van der Waals surface area contributed by atoms with E-state index in [1.54, 1.807) is 12.1 Å². The number of ketones is 1. The molecule has 0 aliphatic rings. The number of hydrogen-bond donors (Lipinski definition) is 2. The van der Waals surface area contributed by atoms with Gasteiger partial charge in [0.15, 0.2) is 0 Å². The molecule has 0 aliphatic carbocycles. The maximum atomic E-state index is 14.9. The lowest BCUT2D eigenvalue weighted by Gasteiger charge is -2.16. The molecule has 1 atom stereocenters. The predicted octanol–water partition coefficient (Wildman–Crippen LogP) is 2.81. The molecule has 6 nitrogen and oxygen atoms in total. The lowest BCUT2D eigenvalue weighted by molar-refractivity contribution is 0.103. The van der Waals surface area contributed by atoms with Gasteiger partial charge in [0, 0.05) is 28.9 Å². The molecule has 1 aromatic carbocycles. The van der Waals surface area contributed by atoms with Crippen molar-refractivity contribution < 1.29 is 22.0 Å². The SMILES string of the molecule is CCC(c1ccc(F)c(C(=O)c2c[nH]c3ncccc23)c1F)S(N)(=O)=O. The Morgan fingerprint density at radius 3 is 2.69 bits per heavy atom. The Balaban J connectivity index is 2.19. The van der Waals surface area contributed by atoms with Crippen LogP contribution in [0.1, 0.15) is 40.1 Å². The van der Waals surface area contributed by atoms with Crippen molar-refractivity contribution >= 4 is 26.8 Å². The van der Waals surface area contributed by atoms with Gasteiger partial charge in [-0.1, -0.05) is 13.0 Å². The second-order valence-electron chi connectivity index (χ2n) is 5.74. The Bertz CT molecular complexity index is 1110. The minimum Gasteiger partial charge on any atom is -0.345 e. The number of fused-ring (bicyclic) bond motifs is 1. The van der Waals surface area contributed by atoms with Crippen molar-refractivity contribution in [2.24, 2.45) is 5.14 Å². The number of carbonyl (C=O) groups is 1. The number of aromatic amines is 1. The van der Waals surface area contributed by atoms with E-state index in [0.29, 0.717) is 11.0 Å². The van der Waals surface area contributed by atoms with Crippen molar-refractivity contribution in [3.8, 4) is 0 Å². The molecule has 3 aromatic rings. The summed E-state index contributed by atoms with van der Waals surface area (Å²) in [7, 11) is -4.12. The molecule has 26 heavy (non-hydrogen) atoms. The van der Waals surface area contributed by atoms with Crippen molar-refractivity contribution in [1.82, 2.24) is 9.97 Å². The van der Waals surface area contributed by atoms with E-state index in [4.69, 9.17) is 5.14 Å². The molecule has 0 fully saturated rings. The first-order valence-corrected chi connectivity index (χ1v) is 9.33. The molecule has 3 N–H and O–H groups in total. The molecule has 9 heteroatoms. The van der Waals surface area contributed by atoms with Crippen molar-refractivity contribution in [2.75, 3.05) is 0 Å². The average Bonchev–Trinajstić information content (AvgIpc) is 3.00. The second kappa shape index (κ2) is 6.58. The largest absolute Gasteiger partial charge is 0.345 e. The van der Waals surface area contributed by atoms with Crippen LogP contribution in [-0.4, -0.2) is 24.2 Å². The zero-order chi connectivity index (χ0) is 19.1. The Morgan fingerprint density at radius 1 is 1.31 bits per heavy atom. The van der Waals surface area contributed by atoms with Crippen molar-refractivity contribution in [3.63, 3.8) is 0 Å². The van der Waals surface area contributed by atoms with Gasteiger partial charge in [0.05, 0.1) is 5.56 Å². The normalized spacial score (nSPS) is 13.1. The number of carbonyl (C=O) groups excluding carboxylic acids is 1. The van der Waals surface area contributed by atoms with Gasteiger partial charge in [-0.15, -0.1) is 0 Å². The van der Waals surface area contributed by atoms with Gasteiger partial charge in [-0.2, -0.15) is 0 Å². The first kappa shape index (κ1) is 18.2. The van der Waals surface area contributed by atoms with Crippen LogP contribution in [-0.2, 0) is 10.0 Å².